The van der Waals surface area contributed by atoms with Gasteiger partial charge in [0.1, 0.15) is 6.10 Å². The van der Waals surface area contributed by atoms with Crippen molar-refractivity contribution in [3.8, 4) is 0 Å². The van der Waals surface area contributed by atoms with Gasteiger partial charge in [0, 0.05) is 6.54 Å². The lowest BCUT2D eigenvalue weighted by Crippen LogP contribution is -2.47. The molecular weight excluding hydrogens is 246 g/mol. The minimum Gasteiger partial charge on any atom is -0.367 e. The molecule has 1 aliphatic heterocycles. The topological polar surface area (TPSA) is 29.5 Å². The van der Waals surface area contributed by atoms with Gasteiger partial charge in [0.25, 0.3) is 0 Å². The van der Waals surface area contributed by atoms with Gasteiger partial charge in [0.15, 0.2) is 0 Å². The zero-order valence-electron chi connectivity index (χ0n) is 10.5. The Morgan fingerprint density at radius 1 is 1.50 bits per heavy atom. The molecule has 4 rings (SSSR count). The zero-order valence-corrected chi connectivity index (χ0v) is 11.3. The number of fused-ring (bicyclic) bond motifs is 1. The maximum absolute atomic E-state index is 12.5. The molecule has 2 saturated carbocycles. The van der Waals surface area contributed by atoms with Crippen molar-refractivity contribution in [3.63, 3.8) is 0 Å². The fourth-order valence-electron chi connectivity index (χ4n) is 3.13. The lowest BCUT2D eigenvalue weighted by molar-refractivity contribution is -0.148. The molecule has 4 heteroatoms. The van der Waals surface area contributed by atoms with E-state index in [1.165, 1.54) is 5.56 Å². The summed E-state index contributed by atoms with van der Waals surface area (Å²) in [5, 5.41) is 4.20. The number of hydrogen-bond acceptors (Lipinski definition) is 3. The molecule has 0 spiro atoms. The average Bonchev–Trinajstić information content (AvgIpc) is 3.12. The van der Waals surface area contributed by atoms with Crippen LogP contribution in [0.2, 0.25) is 0 Å². The van der Waals surface area contributed by atoms with E-state index in [-0.39, 0.29) is 17.6 Å². The van der Waals surface area contributed by atoms with Crippen molar-refractivity contribution in [1.82, 2.24) is 4.90 Å². The van der Waals surface area contributed by atoms with E-state index in [1.807, 2.05) is 4.90 Å². The number of amides is 1. The van der Waals surface area contributed by atoms with Crippen LogP contribution in [-0.2, 0) is 9.53 Å². The Bertz CT molecular complexity index is 478. The summed E-state index contributed by atoms with van der Waals surface area (Å²) in [5.74, 6) is 1.12. The van der Waals surface area contributed by atoms with Crippen LogP contribution in [0.4, 0.5) is 0 Å². The van der Waals surface area contributed by atoms with Crippen LogP contribution in [0.3, 0.4) is 0 Å². The summed E-state index contributed by atoms with van der Waals surface area (Å²) in [4.78, 5) is 14.5. The fourth-order valence-corrected chi connectivity index (χ4v) is 3.83. The van der Waals surface area contributed by atoms with E-state index in [4.69, 9.17) is 4.74 Å². The van der Waals surface area contributed by atoms with Gasteiger partial charge in [-0.25, -0.2) is 0 Å². The monoisotopic (exact) mass is 263 g/mol. The standard InChI is InChI=1S/C14H17NO2S/c1-9-6-15(13(16)14-4-11(14)5-14)7-12(17-9)10-2-3-18-8-10/h2-3,8-9,11-12H,4-7H2,1H3. The van der Waals surface area contributed by atoms with Gasteiger partial charge in [-0.2, -0.15) is 11.3 Å². The highest BCUT2D eigenvalue weighted by Gasteiger charge is 2.75. The Labute approximate surface area is 111 Å². The second-order valence-corrected chi connectivity index (χ2v) is 6.74. The van der Waals surface area contributed by atoms with E-state index in [1.54, 1.807) is 11.3 Å². The Hall–Kier alpha value is -0.870. The first-order chi connectivity index (χ1) is 8.69. The van der Waals surface area contributed by atoms with Crippen LogP contribution in [0.1, 0.15) is 31.4 Å². The molecule has 1 amide bonds. The smallest absolute Gasteiger partial charge is 0.229 e. The van der Waals surface area contributed by atoms with Crippen molar-refractivity contribution in [1.29, 1.82) is 0 Å². The third-order valence-electron chi connectivity index (χ3n) is 4.57. The molecule has 2 atom stereocenters. The fraction of sp³-hybridized carbons (Fsp3) is 0.643. The summed E-state index contributed by atoms with van der Waals surface area (Å²) in [5.41, 5.74) is 1.31. The van der Waals surface area contributed by atoms with Gasteiger partial charge in [-0.05, 0) is 48.1 Å². The molecular formula is C14H17NO2S. The molecule has 3 aliphatic rings. The van der Waals surface area contributed by atoms with Crippen molar-refractivity contribution in [2.45, 2.75) is 32.0 Å². The number of ether oxygens (including phenoxy) is 1. The molecule has 0 aromatic carbocycles. The van der Waals surface area contributed by atoms with Gasteiger partial charge in [-0.1, -0.05) is 0 Å². The SMILES string of the molecule is CC1CN(C(=O)C23CC2C3)CC(c2ccsc2)O1. The van der Waals surface area contributed by atoms with Crippen molar-refractivity contribution in [3.05, 3.63) is 22.4 Å². The molecule has 2 unspecified atom stereocenters. The summed E-state index contributed by atoms with van der Waals surface area (Å²) in [6.07, 6.45) is 2.48. The van der Waals surface area contributed by atoms with Gasteiger partial charge in [0.05, 0.1) is 18.1 Å². The van der Waals surface area contributed by atoms with Gasteiger partial charge >= 0.3 is 0 Å². The molecule has 96 valence electrons. The van der Waals surface area contributed by atoms with Crippen LogP contribution in [0.25, 0.3) is 0 Å². The van der Waals surface area contributed by atoms with Crippen LogP contribution in [0.5, 0.6) is 0 Å². The number of morpholine rings is 1. The highest BCUT2D eigenvalue weighted by molar-refractivity contribution is 7.07. The third-order valence-corrected chi connectivity index (χ3v) is 5.27. The molecule has 3 fully saturated rings. The molecule has 0 bridgehead atoms. The minimum atomic E-state index is 0.0660. The second kappa shape index (κ2) is 3.58. The maximum atomic E-state index is 12.5. The summed E-state index contributed by atoms with van der Waals surface area (Å²) in [7, 11) is 0. The van der Waals surface area contributed by atoms with E-state index < -0.39 is 0 Å². The Balaban J connectivity index is 1.52. The lowest BCUT2D eigenvalue weighted by atomic mass is 10.1. The molecule has 1 aromatic heterocycles. The Kier molecular flexibility index (Phi) is 2.19. The third kappa shape index (κ3) is 1.55. The van der Waals surface area contributed by atoms with Gasteiger partial charge in [0.2, 0.25) is 5.91 Å². The predicted octanol–water partition coefficient (Wildman–Crippen LogP) is 2.45. The summed E-state index contributed by atoms with van der Waals surface area (Å²) in [6, 6.07) is 2.10. The quantitative estimate of drug-likeness (QED) is 0.820. The molecule has 1 aromatic rings. The van der Waals surface area contributed by atoms with Crippen LogP contribution in [-0.4, -0.2) is 30.0 Å². The maximum Gasteiger partial charge on any atom is 0.229 e. The van der Waals surface area contributed by atoms with Crippen molar-refractivity contribution >= 4 is 17.2 Å². The first kappa shape index (κ1) is 11.0. The van der Waals surface area contributed by atoms with Crippen LogP contribution in [0.15, 0.2) is 16.8 Å². The van der Waals surface area contributed by atoms with Gasteiger partial charge in [-0.15, -0.1) is 0 Å². The number of carbonyl (C=O) groups is 1. The minimum absolute atomic E-state index is 0.0660. The zero-order chi connectivity index (χ0) is 12.3. The Morgan fingerprint density at radius 3 is 2.89 bits per heavy atom. The van der Waals surface area contributed by atoms with Crippen LogP contribution in [0, 0.1) is 11.3 Å². The van der Waals surface area contributed by atoms with E-state index in [9.17, 15) is 4.79 Å². The normalized spacial score (nSPS) is 41.4. The van der Waals surface area contributed by atoms with E-state index in [0.29, 0.717) is 5.91 Å². The number of nitrogens with zero attached hydrogens (tertiary/aromatic N) is 1. The number of hydrogen-bond donors (Lipinski definition) is 0. The summed E-state index contributed by atoms with van der Waals surface area (Å²) >= 11 is 1.69. The molecule has 3 nitrogen and oxygen atoms in total. The van der Waals surface area contributed by atoms with Crippen molar-refractivity contribution in [2.75, 3.05) is 13.1 Å². The van der Waals surface area contributed by atoms with E-state index in [0.717, 1.165) is 31.8 Å². The van der Waals surface area contributed by atoms with Crippen LogP contribution < -0.4 is 0 Å². The predicted molar refractivity (Wildman–Crippen MR) is 69.3 cm³/mol. The van der Waals surface area contributed by atoms with Gasteiger partial charge < -0.3 is 9.64 Å². The molecule has 2 heterocycles. The Morgan fingerprint density at radius 2 is 2.28 bits per heavy atom. The van der Waals surface area contributed by atoms with E-state index >= 15 is 0 Å². The van der Waals surface area contributed by atoms with Gasteiger partial charge in [-0.3, -0.25) is 4.79 Å². The first-order valence-corrected chi connectivity index (χ1v) is 7.60. The summed E-state index contributed by atoms with van der Waals surface area (Å²) in [6.45, 7) is 3.55. The largest absolute Gasteiger partial charge is 0.367 e. The van der Waals surface area contributed by atoms with Crippen LogP contribution >= 0.6 is 11.3 Å². The average molecular weight is 263 g/mol. The first-order valence-electron chi connectivity index (χ1n) is 6.66. The molecule has 2 aliphatic carbocycles. The number of carbonyl (C=O) groups excluding carboxylic acids is 1. The van der Waals surface area contributed by atoms with Crippen molar-refractivity contribution in [2.24, 2.45) is 11.3 Å². The molecule has 0 N–H and O–H groups in total. The lowest BCUT2D eigenvalue weighted by Gasteiger charge is -2.37. The number of thiophene rings is 1. The second-order valence-electron chi connectivity index (χ2n) is 5.96. The molecule has 1 saturated heterocycles. The molecule has 0 radical (unpaired) electrons. The summed E-state index contributed by atoms with van der Waals surface area (Å²) < 4.78 is 5.97. The number of rotatable bonds is 2. The van der Waals surface area contributed by atoms with Crippen molar-refractivity contribution < 1.29 is 9.53 Å². The highest BCUT2D eigenvalue weighted by Crippen LogP contribution is 2.76. The molecule has 18 heavy (non-hydrogen) atoms. The highest BCUT2D eigenvalue weighted by atomic mass is 32.1. The van der Waals surface area contributed by atoms with E-state index in [2.05, 4.69) is 23.8 Å².